The molecular weight excluding hydrogens is 246 g/mol. The molecule has 1 fully saturated rings. The van der Waals surface area contributed by atoms with E-state index < -0.39 is 5.54 Å². The van der Waals surface area contributed by atoms with Crippen LogP contribution in [0.25, 0.3) is 0 Å². The molecule has 0 saturated carbocycles. The first-order valence-electron chi connectivity index (χ1n) is 6.92. The zero-order valence-electron chi connectivity index (χ0n) is 12.1. The van der Waals surface area contributed by atoms with Gasteiger partial charge in [0.1, 0.15) is 0 Å². The number of ether oxygens (including phenoxy) is 1. The van der Waals surface area contributed by atoms with Crippen molar-refractivity contribution in [3.05, 3.63) is 0 Å². The fourth-order valence-electron chi connectivity index (χ4n) is 1.93. The number of rotatable bonds is 4. The number of nitrogens with two attached hydrogens (primary N) is 1. The molecule has 1 aliphatic heterocycles. The van der Waals surface area contributed by atoms with Gasteiger partial charge in [-0.15, -0.1) is 0 Å². The van der Waals surface area contributed by atoms with Crippen molar-refractivity contribution >= 4 is 12.0 Å². The van der Waals surface area contributed by atoms with Gasteiger partial charge in [-0.2, -0.15) is 0 Å². The summed E-state index contributed by atoms with van der Waals surface area (Å²) >= 11 is 0. The third-order valence-corrected chi connectivity index (χ3v) is 3.61. The van der Waals surface area contributed by atoms with E-state index >= 15 is 0 Å². The number of piperidine rings is 1. The monoisotopic (exact) mass is 271 g/mol. The number of amides is 2. The van der Waals surface area contributed by atoms with Gasteiger partial charge in [0.15, 0.2) is 0 Å². The van der Waals surface area contributed by atoms with E-state index in [0.717, 1.165) is 12.8 Å². The Balaban J connectivity index is 2.38. The molecule has 0 aromatic rings. The van der Waals surface area contributed by atoms with Gasteiger partial charge in [0, 0.05) is 19.1 Å². The van der Waals surface area contributed by atoms with Crippen LogP contribution in [0.3, 0.4) is 0 Å². The Kier molecular flexibility index (Phi) is 5.60. The second-order valence-corrected chi connectivity index (χ2v) is 5.20. The summed E-state index contributed by atoms with van der Waals surface area (Å²) < 4.78 is 4.95. The van der Waals surface area contributed by atoms with E-state index in [4.69, 9.17) is 10.5 Å². The standard InChI is InChI=1S/C13H25N3O3/c1-4-13(3,14)11(17)15-10-6-8-16(9-7-10)12(18)19-5-2/h10H,4-9,14H2,1-3H3,(H,15,17). The van der Waals surface area contributed by atoms with E-state index in [0.29, 0.717) is 26.1 Å². The fourth-order valence-corrected chi connectivity index (χ4v) is 1.93. The highest BCUT2D eigenvalue weighted by Crippen LogP contribution is 2.13. The first-order chi connectivity index (χ1) is 8.90. The number of carbonyl (C=O) groups is 2. The summed E-state index contributed by atoms with van der Waals surface area (Å²) in [5.74, 6) is -0.121. The molecule has 6 heteroatoms. The van der Waals surface area contributed by atoms with Gasteiger partial charge < -0.3 is 20.7 Å². The molecule has 110 valence electrons. The summed E-state index contributed by atoms with van der Waals surface area (Å²) in [5.41, 5.74) is 5.07. The van der Waals surface area contributed by atoms with Gasteiger partial charge in [-0.3, -0.25) is 4.79 Å². The molecular formula is C13H25N3O3. The summed E-state index contributed by atoms with van der Waals surface area (Å²) in [4.78, 5) is 25.1. The van der Waals surface area contributed by atoms with Crippen LogP contribution in [0.5, 0.6) is 0 Å². The van der Waals surface area contributed by atoms with Crippen LogP contribution in [0, 0.1) is 0 Å². The summed E-state index contributed by atoms with van der Waals surface area (Å²) in [6, 6.07) is 0.0904. The lowest BCUT2D eigenvalue weighted by molar-refractivity contribution is -0.126. The Morgan fingerprint density at radius 3 is 2.42 bits per heavy atom. The molecule has 1 aliphatic rings. The molecule has 19 heavy (non-hydrogen) atoms. The molecule has 1 saturated heterocycles. The summed E-state index contributed by atoms with van der Waals surface area (Å²) in [6.45, 7) is 7.02. The predicted molar refractivity (Wildman–Crippen MR) is 72.6 cm³/mol. The largest absolute Gasteiger partial charge is 0.450 e. The number of likely N-dealkylation sites (tertiary alicyclic amines) is 1. The maximum atomic E-state index is 11.9. The third kappa shape index (κ3) is 4.38. The maximum Gasteiger partial charge on any atom is 0.409 e. The van der Waals surface area contributed by atoms with Crippen LogP contribution >= 0.6 is 0 Å². The summed E-state index contributed by atoms with van der Waals surface area (Å²) in [5, 5.41) is 2.96. The van der Waals surface area contributed by atoms with Crippen molar-refractivity contribution in [2.24, 2.45) is 5.73 Å². The molecule has 6 nitrogen and oxygen atoms in total. The lowest BCUT2D eigenvalue weighted by Crippen LogP contribution is -2.55. The first kappa shape index (κ1) is 15.8. The van der Waals surface area contributed by atoms with Crippen molar-refractivity contribution in [1.29, 1.82) is 0 Å². The number of carbonyl (C=O) groups excluding carboxylic acids is 2. The van der Waals surface area contributed by atoms with Gasteiger partial charge in [-0.25, -0.2) is 4.79 Å². The van der Waals surface area contributed by atoms with Crippen molar-refractivity contribution in [2.45, 2.75) is 51.6 Å². The Bertz CT molecular complexity index is 323. The van der Waals surface area contributed by atoms with Crippen LogP contribution in [-0.2, 0) is 9.53 Å². The third-order valence-electron chi connectivity index (χ3n) is 3.61. The molecule has 0 radical (unpaired) electrons. The minimum atomic E-state index is -0.821. The average Bonchev–Trinajstić information content (AvgIpc) is 2.39. The SMILES string of the molecule is CCOC(=O)N1CCC(NC(=O)C(C)(N)CC)CC1. The molecule has 3 N–H and O–H groups in total. The van der Waals surface area contributed by atoms with Crippen LogP contribution < -0.4 is 11.1 Å². The average molecular weight is 271 g/mol. The van der Waals surface area contributed by atoms with E-state index in [1.165, 1.54) is 0 Å². The van der Waals surface area contributed by atoms with Gasteiger partial charge in [-0.05, 0) is 33.1 Å². The quantitative estimate of drug-likeness (QED) is 0.794. The number of nitrogens with one attached hydrogen (secondary N) is 1. The Hall–Kier alpha value is -1.30. The van der Waals surface area contributed by atoms with E-state index in [-0.39, 0.29) is 18.0 Å². The topological polar surface area (TPSA) is 84.7 Å². The minimum Gasteiger partial charge on any atom is -0.450 e. The normalized spacial score (nSPS) is 19.7. The van der Waals surface area contributed by atoms with Crippen molar-refractivity contribution in [3.63, 3.8) is 0 Å². The van der Waals surface area contributed by atoms with E-state index in [9.17, 15) is 9.59 Å². The maximum absolute atomic E-state index is 11.9. The number of hydrogen-bond donors (Lipinski definition) is 2. The molecule has 0 spiro atoms. The van der Waals surface area contributed by atoms with Crippen molar-refractivity contribution in [2.75, 3.05) is 19.7 Å². The zero-order valence-corrected chi connectivity index (χ0v) is 12.1. The smallest absolute Gasteiger partial charge is 0.409 e. The van der Waals surface area contributed by atoms with Crippen LogP contribution in [0.2, 0.25) is 0 Å². The van der Waals surface area contributed by atoms with Crippen LogP contribution in [0.1, 0.15) is 40.0 Å². The van der Waals surface area contributed by atoms with Gasteiger partial charge in [-0.1, -0.05) is 6.92 Å². The van der Waals surface area contributed by atoms with Gasteiger partial charge >= 0.3 is 6.09 Å². The molecule has 1 heterocycles. The Labute approximate surface area is 114 Å². The lowest BCUT2D eigenvalue weighted by atomic mass is 9.97. The lowest BCUT2D eigenvalue weighted by Gasteiger charge is -2.33. The second kappa shape index (κ2) is 6.75. The van der Waals surface area contributed by atoms with Gasteiger partial charge in [0.2, 0.25) is 5.91 Å². The highest BCUT2D eigenvalue weighted by molar-refractivity contribution is 5.85. The van der Waals surface area contributed by atoms with Crippen LogP contribution in [0.4, 0.5) is 4.79 Å². The Morgan fingerprint density at radius 1 is 1.37 bits per heavy atom. The minimum absolute atomic E-state index is 0.0904. The molecule has 2 amide bonds. The van der Waals surface area contributed by atoms with Crippen molar-refractivity contribution in [1.82, 2.24) is 10.2 Å². The molecule has 0 bridgehead atoms. The Morgan fingerprint density at radius 2 is 1.95 bits per heavy atom. The first-order valence-corrected chi connectivity index (χ1v) is 6.92. The molecule has 0 aromatic heterocycles. The van der Waals surface area contributed by atoms with Crippen molar-refractivity contribution in [3.8, 4) is 0 Å². The van der Waals surface area contributed by atoms with Crippen molar-refractivity contribution < 1.29 is 14.3 Å². The van der Waals surface area contributed by atoms with E-state index in [1.807, 2.05) is 6.92 Å². The highest BCUT2D eigenvalue weighted by atomic mass is 16.6. The second-order valence-electron chi connectivity index (χ2n) is 5.20. The van der Waals surface area contributed by atoms with E-state index in [2.05, 4.69) is 5.32 Å². The van der Waals surface area contributed by atoms with Gasteiger partial charge in [0.25, 0.3) is 0 Å². The molecule has 0 aromatic carbocycles. The number of nitrogens with zero attached hydrogens (tertiary/aromatic N) is 1. The number of hydrogen-bond acceptors (Lipinski definition) is 4. The van der Waals surface area contributed by atoms with Crippen LogP contribution in [-0.4, -0.2) is 48.2 Å². The molecule has 1 rings (SSSR count). The predicted octanol–water partition coefficient (Wildman–Crippen LogP) is 0.851. The highest BCUT2D eigenvalue weighted by Gasteiger charge is 2.30. The summed E-state index contributed by atoms with van der Waals surface area (Å²) in [6.07, 6.45) is 1.80. The van der Waals surface area contributed by atoms with E-state index in [1.54, 1.807) is 18.7 Å². The molecule has 1 atom stereocenters. The van der Waals surface area contributed by atoms with Crippen LogP contribution in [0.15, 0.2) is 0 Å². The summed E-state index contributed by atoms with van der Waals surface area (Å²) in [7, 11) is 0. The molecule has 1 unspecified atom stereocenters. The fraction of sp³-hybridized carbons (Fsp3) is 0.846. The molecule has 0 aliphatic carbocycles. The van der Waals surface area contributed by atoms with Gasteiger partial charge in [0.05, 0.1) is 12.1 Å². The zero-order chi connectivity index (χ0) is 14.5.